The van der Waals surface area contributed by atoms with E-state index in [0.717, 1.165) is 11.1 Å². The van der Waals surface area contributed by atoms with E-state index in [0.29, 0.717) is 0 Å². The number of rotatable bonds is 3. The third-order valence-electron chi connectivity index (χ3n) is 6.70. The van der Waals surface area contributed by atoms with Gasteiger partial charge in [0.2, 0.25) is 0 Å². The number of hydrogen-bond acceptors (Lipinski definition) is 4. The first-order chi connectivity index (χ1) is 16.1. The van der Waals surface area contributed by atoms with Gasteiger partial charge in [-0.1, -0.05) is 104 Å². The summed E-state index contributed by atoms with van der Waals surface area (Å²) in [4.78, 5) is 2.71. The molecule has 33 heavy (non-hydrogen) atoms. The molecule has 2 N–H and O–H groups in total. The van der Waals surface area contributed by atoms with Crippen molar-refractivity contribution in [3.8, 4) is 11.1 Å². The van der Waals surface area contributed by atoms with Gasteiger partial charge in [-0.15, -0.1) is 0 Å². The predicted octanol–water partition coefficient (Wildman–Crippen LogP) is 6.97. The van der Waals surface area contributed by atoms with Gasteiger partial charge in [0.25, 0.3) is 0 Å². The third-order valence-corrected chi connectivity index (χ3v) is 7.85. The van der Waals surface area contributed by atoms with E-state index < -0.39 is 0 Å². The Balaban J connectivity index is 1.25. The van der Waals surface area contributed by atoms with Crippen LogP contribution in [0.15, 0.2) is 107 Å². The van der Waals surface area contributed by atoms with Gasteiger partial charge in [0, 0.05) is 15.2 Å². The largest absolute Gasteiger partial charge is 0.334 e. The number of benzene rings is 4. The van der Waals surface area contributed by atoms with Crippen molar-refractivity contribution < 1.29 is 4.74 Å². The monoisotopic (exact) mass is 450 g/mol. The zero-order chi connectivity index (χ0) is 22.4. The van der Waals surface area contributed by atoms with E-state index in [4.69, 9.17) is 4.74 Å². The molecule has 2 heterocycles. The molecule has 4 aromatic carbocycles. The lowest BCUT2D eigenvalue weighted by molar-refractivity contribution is 0.0341. The van der Waals surface area contributed by atoms with Crippen molar-refractivity contribution in [2.24, 2.45) is 0 Å². The Morgan fingerprint density at radius 3 is 2.00 bits per heavy atom. The number of hydrogen-bond donors (Lipinski definition) is 2. The van der Waals surface area contributed by atoms with Crippen LogP contribution in [0.1, 0.15) is 48.6 Å². The lowest BCUT2D eigenvalue weighted by Gasteiger charge is -2.34. The molecule has 4 aromatic rings. The zero-order valence-electron chi connectivity index (χ0n) is 18.7. The summed E-state index contributed by atoms with van der Waals surface area (Å²) in [5.74, 6) is 0. The molecule has 0 spiro atoms. The molecule has 164 valence electrons. The summed E-state index contributed by atoms with van der Waals surface area (Å²) in [7, 11) is 0. The van der Waals surface area contributed by atoms with Crippen LogP contribution in [0, 0.1) is 0 Å². The highest BCUT2D eigenvalue weighted by Crippen LogP contribution is 2.49. The Labute approximate surface area is 199 Å². The molecule has 6 rings (SSSR count). The van der Waals surface area contributed by atoms with E-state index in [1.54, 1.807) is 0 Å². The average molecular weight is 451 g/mol. The summed E-state index contributed by atoms with van der Waals surface area (Å²) in [6.45, 7) is 4.66. The highest BCUT2D eigenvalue weighted by atomic mass is 32.2. The summed E-state index contributed by atoms with van der Waals surface area (Å²) in [6, 6.07) is 34.5. The highest BCUT2D eigenvalue weighted by molar-refractivity contribution is 7.99. The van der Waals surface area contributed by atoms with Crippen LogP contribution in [-0.2, 0) is 10.2 Å². The molecule has 1 fully saturated rings. The van der Waals surface area contributed by atoms with Crippen molar-refractivity contribution in [2.45, 2.75) is 41.5 Å². The topological polar surface area (TPSA) is 33.3 Å². The predicted molar refractivity (Wildman–Crippen MR) is 134 cm³/mol. The van der Waals surface area contributed by atoms with Gasteiger partial charge in [0.05, 0.1) is 0 Å². The molecule has 4 heteroatoms. The Bertz CT molecular complexity index is 1300. The first-order valence-electron chi connectivity index (χ1n) is 11.3. The van der Waals surface area contributed by atoms with Crippen molar-refractivity contribution in [1.29, 1.82) is 0 Å². The molecule has 2 aliphatic heterocycles. The highest BCUT2D eigenvalue weighted by Gasteiger charge is 2.33. The lowest BCUT2D eigenvalue weighted by atomic mass is 9.77. The van der Waals surface area contributed by atoms with Crippen LogP contribution in [-0.4, -0.2) is 0 Å². The van der Waals surface area contributed by atoms with Gasteiger partial charge < -0.3 is 4.74 Å². The first kappa shape index (κ1) is 20.7. The Morgan fingerprint density at radius 1 is 0.636 bits per heavy atom. The maximum Gasteiger partial charge on any atom is 0.149 e. The molecule has 2 aliphatic rings. The minimum absolute atomic E-state index is 0.0210. The molecular formula is C29H26N2OS. The van der Waals surface area contributed by atoms with Crippen molar-refractivity contribution in [1.82, 2.24) is 10.9 Å². The zero-order valence-corrected chi connectivity index (χ0v) is 19.5. The van der Waals surface area contributed by atoms with Crippen LogP contribution in [0.2, 0.25) is 0 Å². The van der Waals surface area contributed by atoms with Gasteiger partial charge in [-0.25, -0.2) is 10.9 Å². The maximum absolute atomic E-state index is 6.19. The van der Waals surface area contributed by atoms with Gasteiger partial charge >= 0.3 is 0 Å². The molecule has 2 atom stereocenters. The smallest absolute Gasteiger partial charge is 0.149 e. The fourth-order valence-corrected chi connectivity index (χ4v) is 6.16. The second kappa shape index (κ2) is 8.15. The van der Waals surface area contributed by atoms with Crippen LogP contribution < -0.4 is 10.9 Å². The van der Waals surface area contributed by atoms with E-state index >= 15 is 0 Å². The average Bonchev–Trinajstić information content (AvgIpc) is 3.35. The molecule has 3 nitrogen and oxygen atoms in total. The van der Waals surface area contributed by atoms with Crippen LogP contribution in [0.25, 0.3) is 11.1 Å². The quantitative estimate of drug-likeness (QED) is 0.353. The third kappa shape index (κ3) is 3.69. The Kier molecular flexibility index (Phi) is 5.11. The molecule has 0 saturated carbocycles. The van der Waals surface area contributed by atoms with E-state index in [2.05, 4.69) is 104 Å². The summed E-state index contributed by atoms with van der Waals surface area (Å²) in [6.07, 6.45) is -0.334. The van der Waals surface area contributed by atoms with Crippen molar-refractivity contribution >= 4 is 11.8 Å². The van der Waals surface area contributed by atoms with Crippen molar-refractivity contribution in [3.63, 3.8) is 0 Å². The first-order valence-corrected chi connectivity index (χ1v) is 12.1. The van der Waals surface area contributed by atoms with Crippen LogP contribution in [0.3, 0.4) is 0 Å². The summed E-state index contributed by atoms with van der Waals surface area (Å²) >= 11 is 1.87. The lowest BCUT2D eigenvalue weighted by Crippen LogP contribution is -2.26. The molecule has 0 aliphatic carbocycles. The second-order valence-electron chi connectivity index (χ2n) is 9.15. The van der Waals surface area contributed by atoms with Crippen LogP contribution in [0.5, 0.6) is 0 Å². The number of nitrogens with one attached hydrogen (secondary N) is 2. The Morgan fingerprint density at radius 2 is 1.24 bits per heavy atom. The molecule has 0 aromatic heterocycles. The van der Waals surface area contributed by atoms with Crippen LogP contribution in [0.4, 0.5) is 0 Å². The van der Waals surface area contributed by atoms with E-state index in [-0.39, 0.29) is 17.9 Å². The number of hydrazine groups is 1. The van der Waals surface area contributed by atoms with E-state index in [9.17, 15) is 0 Å². The SMILES string of the molecule is CC1(C)c2ccccc2Sc2ccc(-c3ccc(C4NNC(c5ccccc5)O4)cc3)cc21. The molecule has 1 saturated heterocycles. The summed E-state index contributed by atoms with van der Waals surface area (Å²) in [5, 5.41) is 0. The van der Waals surface area contributed by atoms with E-state index in [1.807, 2.05) is 30.0 Å². The molecule has 0 radical (unpaired) electrons. The maximum atomic E-state index is 6.19. The van der Waals surface area contributed by atoms with Gasteiger partial charge in [0.1, 0.15) is 12.5 Å². The Hall–Kier alpha value is -2.89. The number of ether oxygens (including phenoxy) is 1. The molecule has 0 bridgehead atoms. The molecule has 0 amide bonds. The van der Waals surface area contributed by atoms with E-state index in [1.165, 1.54) is 32.0 Å². The standard InChI is InChI=1S/C29H26N2OS/c1-29(2)23-10-6-7-11-25(23)33-26-17-16-22(18-24(26)29)19-12-14-21(15-13-19)28-31-30-27(32-28)20-8-4-3-5-9-20/h3-18,27-28,30-31H,1-2H3. The molecular weight excluding hydrogens is 424 g/mol. The fraction of sp³-hybridized carbons (Fsp3) is 0.172. The van der Waals surface area contributed by atoms with Crippen LogP contribution >= 0.6 is 11.8 Å². The minimum atomic E-state index is -0.181. The number of fused-ring (bicyclic) bond motifs is 2. The normalized spacial score (nSPS) is 20.8. The van der Waals surface area contributed by atoms with Gasteiger partial charge in [0.15, 0.2) is 0 Å². The minimum Gasteiger partial charge on any atom is -0.334 e. The van der Waals surface area contributed by atoms with Gasteiger partial charge in [-0.05, 0) is 51.6 Å². The summed E-state index contributed by atoms with van der Waals surface area (Å²) < 4.78 is 6.19. The van der Waals surface area contributed by atoms with Gasteiger partial charge in [-0.3, -0.25) is 0 Å². The second-order valence-corrected chi connectivity index (χ2v) is 10.2. The summed E-state index contributed by atoms with van der Waals surface area (Å²) in [5.41, 5.74) is 14.0. The van der Waals surface area contributed by atoms with Crippen molar-refractivity contribution in [3.05, 3.63) is 119 Å². The fourth-order valence-electron chi connectivity index (χ4n) is 4.78. The van der Waals surface area contributed by atoms with Gasteiger partial charge in [-0.2, -0.15) is 0 Å². The van der Waals surface area contributed by atoms with Crippen molar-refractivity contribution in [2.75, 3.05) is 0 Å². The molecule has 2 unspecified atom stereocenters.